The number of aliphatic carboxylic acids is 1. The fraction of sp³-hybridized carbons (Fsp3) is 0.417. The van der Waals surface area contributed by atoms with E-state index in [9.17, 15) is 9.18 Å². The molecule has 88 valence electrons. The van der Waals surface area contributed by atoms with Gasteiger partial charge in [0.2, 0.25) is 0 Å². The third-order valence-corrected chi connectivity index (χ3v) is 2.59. The summed E-state index contributed by atoms with van der Waals surface area (Å²) >= 11 is 0. The molecule has 1 N–H and O–H groups in total. The highest BCUT2D eigenvalue weighted by Crippen LogP contribution is 2.31. The number of aryl methyl sites for hydroxylation is 1. The molecule has 0 spiro atoms. The standard InChI is InChI=1S/C12H15FO3/c1-4-8(12(14)15)9-6-10(13)7(2)5-11(9)16-3/h5-6,8H,4H2,1-3H3,(H,14,15). The molecule has 0 aromatic heterocycles. The first kappa shape index (κ1) is 12.5. The number of carbonyl (C=O) groups is 1. The molecule has 0 saturated carbocycles. The summed E-state index contributed by atoms with van der Waals surface area (Å²) in [7, 11) is 1.45. The molecule has 1 unspecified atom stereocenters. The predicted octanol–water partition coefficient (Wildman–Crippen LogP) is 2.72. The lowest BCUT2D eigenvalue weighted by molar-refractivity contribution is -0.138. The first-order valence-electron chi connectivity index (χ1n) is 5.08. The zero-order valence-corrected chi connectivity index (χ0v) is 9.58. The summed E-state index contributed by atoms with van der Waals surface area (Å²) in [6, 6.07) is 2.77. The average Bonchev–Trinajstić information content (AvgIpc) is 2.23. The van der Waals surface area contributed by atoms with E-state index in [1.807, 2.05) is 0 Å². The van der Waals surface area contributed by atoms with E-state index in [0.717, 1.165) is 0 Å². The van der Waals surface area contributed by atoms with Gasteiger partial charge in [0.1, 0.15) is 11.6 Å². The highest BCUT2D eigenvalue weighted by molar-refractivity contribution is 5.77. The van der Waals surface area contributed by atoms with Crippen molar-refractivity contribution in [1.82, 2.24) is 0 Å². The third kappa shape index (κ3) is 2.32. The van der Waals surface area contributed by atoms with E-state index >= 15 is 0 Å². The van der Waals surface area contributed by atoms with Crippen molar-refractivity contribution in [3.8, 4) is 5.75 Å². The summed E-state index contributed by atoms with van der Waals surface area (Å²) in [5.74, 6) is -1.68. The summed E-state index contributed by atoms with van der Waals surface area (Å²) in [4.78, 5) is 11.0. The van der Waals surface area contributed by atoms with Gasteiger partial charge in [0, 0.05) is 5.56 Å². The van der Waals surface area contributed by atoms with Crippen molar-refractivity contribution in [2.75, 3.05) is 7.11 Å². The Balaban J connectivity index is 3.30. The summed E-state index contributed by atoms with van der Waals surface area (Å²) in [6.07, 6.45) is 0.397. The lowest BCUT2D eigenvalue weighted by Gasteiger charge is -2.15. The van der Waals surface area contributed by atoms with Crippen LogP contribution in [-0.2, 0) is 4.79 Å². The second kappa shape index (κ2) is 4.96. The first-order chi connectivity index (χ1) is 7.51. The summed E-state index contributed by atoms with van der Waals surface area (Å²) in [6.45, 7) is 3.36. The highest BCUT2D eigenvalue weighted by Gasteiger charge is 2.22. The van der Waals surface area contributed by atoms with Crippen LogP contribution >= 0.6 is 0 Å². The van der Waals surface area contributed by atoms with Crippen LogP contribution in [0.2, 0.25) is 0 Å². The first-order valence-corrected chi connectivity index (χ1v) is 5.08. The zero-order valence-electron chi connectivity index (χ0n) is 9.58. The van der Waals surface area contributed by atoms with Crippen molar-refractivity contribution in [1.29, 1.82) is 0 Å². The Morgan fingerprint density at radius 3 is 2.62 bits per heavy atom. The number of halogens is 1. The lowest BCUT2D eigenvalue weighted by Crippen LogP contribution is -2.12. The Hall–Kier alpha value is -1.58. The van der Waals surface area contributed by atoms with Gasteiger partial charge in [0.15, 0.2) is 0 Å². The molecule has 0 aliphatic rings. The monoisotopic (exact) mass is 226 g/mol. The maximum atomic E-state index is 13.4. The van der Waals surface area contributed by atoms with E-state index in [-0.39, 0.29) is 0 Å². The molecule has 0 fully saturated rings. The minimum absolute atomic E-state index is 0.389. The number of carboxylic acids is 1. The molecule has 0 saturated heterocycles. The van der Waals surface area contributed by atoms with Crippen LogP contribution in [0.4, 0.5) is 4.39 Å². The topological polar surface area (TPSA) is 46.5 Å². The van der Waals surface area contributed by atoms with E-state index < -0.39 is 17.7 Å². The van der Waals surface area contributed by atoms with E-state index in [2.05, 4.69) is 0 Å². The van der Waals surface area contributed by atoms with Crippen LogP contribution in [0.5, 0.6) is 5.75 Å². The van der Waals surface area contributed by atoms with E-state index in [0.29, 0.717) is 23.3 Å². The van der Waals surface area contributed by atoms with Gasteiger partial charge in [-0.05, 0) is 31.0 Å². The second-order valence-electron chi connectivity index (χ2n) is 3.64. The quantitative estimate of drug-likeness (QED) is 0.858. The number of ether oxygens (including phenoxy) is 1. The number of rotatable bonds is 4. The van der Waals surface area contributed by atoms with Gasteiger partial charge in [-0.25, -0.2) is 4.39 Å². The number of hydrogen-bond donors (Lipinski definition) is 1. The van der Waals surface area contributed by atoms with Crippen LogP contribution in [0, 0.1) is 12.7 Å². The Kier molecular flexibility index (Phi) is 3.88. The Morgan fingerprint density at radius 1 is 1.56 bits per heavy atom. The zero-order chi connectivity index (χ0) is 12.3. The van der Waals surface area contributed by atoms with Gasteiger partial charge in [-0.3, -0.25) is 4.79 Å². The van der Waals surface area contributed by atoms with Crippen molar-refractivity contribution in [2.24, 2.45) is 0 Å². The van der Waals surface area contributed by atoms with Gasteiger partial charge in [0.05, 0.1) is 13.0 Å². The van der Waals surface area contributed by atoms with Gasteiger partial charge < -0.3 is 9.84 Å². The number of hydrogen-bond acceptors (Lipinski definition) is 2. The minimum Gasteiger partial charge on any atom is -0.496 e. The van der Waals surface area contributed by atoms with Crippen LogP contribution in [0.25, 0.3) is 0 Å². The van der Waals surface area contributed by atoms with Gasteiger partial charge in [-0.1, -0.05) is 6.92 Å². The largest absolute Gasteiger partial charge is 0.496 e. The SMILES string of the molecule is CCC(C(=O)O)c1cc(F)c(C)cc1OC. The fourth-order valence-electron chi connectivity index (χ4n) is 1.65. The summed E-state index contributed by atoms with van der Waals surface area (Å²) in [5.41, 5.74) is 0.835. The number of methoxy groups -OCH3 is 1. The van der Waals surface area contributed by atoms with Crippen LogP contribution < -0.4 is 4.74 Å². The molecule has 0 heterocycles. The molecule has 1 atom stereocenters. The normalized spacial score (nSPS) is 12.2. The molecular weight excluding hydrogens is 211 g/mol. The molecule has 0 aliphatic heterocycles. The van der Waals surface area contributed by atoms with Crippen molar-refractivity contribution in [3.05, 3.63) is 29.1 Å². The van der Waals surface area contributed by atoms with E-state index in [1.54, 1.807) is 13.8 Å². The molecule has 1 aromatic carbocycles. The summed E-state index contributed by atoms with van der Waals surface area (Å²) in [5, 5.41) is 9.03. The van der Waals surface area contributed by atoms with Crippen LogP contribution in [0.1, 0.15) is 30.4 Å². The molecule has 1 rings (SSSR count). The van der Waals surface area contributed by atoms with Gasteiger partial charge in [-0.2, -0.15) is 0 Å². The van der Waals surface area contributed by atoms with Gasteiger partial charge in [-0.15, -0.1) is 0 Å². The second-order valence-corrected chi connectivity index (χ2v) is 3.64. The lowest BCUT2D eigenvalue weighted by atomic mass is 9.94. The number of benzene rings is 1. The van der Waals surface area contributed by atoms with Crippen molar-refractivity contribution < 1.29 is 19.0 Å². The molecular formula is C12H15FO3. The van der Waals surface area contributed by atoms with Crippen LogP contribution in [-0.4, -0.2) is 18.2 Å². The molecule has 0 radical (unpaired) electrons. The Labute approximate surface area is 93.9 Å². The maximum absolute atomic E-state index is 13.4. The Bertz CT molecular complexity index is 401. The van der Waals surface area contributed by atoms with Crippen molar-refractivity contribution >= 4 is 5.97 Å². The van der Waals surface area contributed by atoms with Crippen LogP contribution in [0.3, 0.4) is 0 Å². The highest BCUT2D eigenvalue weighted by atomic mass is 19.1. The molecule has 3 nitrogen and oxygen atoms in total. The molecule has 16 heavy (non-hydrogen) atoms. The maximum Gasteiger partial charge on any atom is 0.311 e. The fourth-order valence-corrected chi connectivity index (χ4v) is 1.65. The minimum atomic E-state index is -0.968. The molecule has 4 heteroatoms. The molecule has 0 bridgehead atoms. The predicted molar refractivity (Wildman–Crippen MR) is 58.4 cm³/mol. The van der Waals surface area contributed by atoms with Gasteiger partial charge >= 0.3 is 5.97 Å². The summed E-state index contributed by atoms with van der Waals surface area (Å²) < 4.78 is 18.5. The van der Waals surface area contributed by atoms with Crippen LogP contribution in [0.15, 0.2) is 12.1 Å². The van der Waals surface area contributed by atoms with Gasteiger partial charge in [0.25, 0.3) is 0 Å². The Morgan fingerprint density at radius 2 is 2.19 bits per heavy atom. The van der Waals surface area contributed by atoms with Crippen molar-refractivity contribution in [3.63, 3.8) is 0 Å². The number of carboxylic acid groups (broad SMARTS) is 1. The van der Waals surface area contributed by atoms with E-state index in [1.165, 1.54) is 19.2 Å². The third-order valence-electron chi connectivity index (χ3n) is 2.59. The van der Waals surface area contributed by atoms with E-state index in [4.69, 9.17) is 9.84 Å². The molecule has 1 aromatic rings. The smallest absolute Gasteiger partial charge is 0.311 e. The molecule has 0 amide bonds. The molecule has 0 aliphatic carbocycles. The average molecular weight is 226 g/mol. The van der Waals surface area contributed by atoms with Crippen molar-refractivity contribution in [2.45, 2.75) is 26.2 Å².